The summed E-state index contributed by atoms with van der Waals surface area (Å²) in [5, 5.41) is 6.28. The predicted octanol–water partition coefficient (Wildman–Crippen LogP) is 4.07. The van der Waals surface area contributed by atoms with E-state index < -0.39 is 0 Å². The first-order valence-electron chi connectivity index (χ1n) is 10.3. The Morgan fingerprint density at radius 2 is 2.03 bits per heavy atom. The molecule has 0 saturated carbocycles. The van der Waals surface area contributed by atoms with Crippen LogP contribution in [0.4, 0.5) is 5.82 Å². The van der Waals surface area contributed by atoms with Crippen molar-refractivity contribution < 1.29 is 9.53 Å². The molecule has 1 aliphatic carbocycles. The molecule has 1 aromatic heterocycles. The minimum absolute atomic E-state index is 0.184. The minimum atomic E-state index is -0.184. The number of allylic oxidation sites excluding steroid dienone is 1. The fraction of sp³-hybridized carbons (Fsp3) is 0.435. The Hall–Kier alpha value is -2.89. The van der Waals surface area contributed by atoms with E-state index in [4.69, 9.17) is 4.74 Å². The summed E-state index contributed by atoms with van der Waals surface area (Å²) in [7, 11) is 1.65. The van der Waals surface area contributed by atoms with Crippen molar-refractivity contribution in [3.8, 4) is 5.75 Å². The third-order valence-corrected chi connectivity index (χ3v) is 5.04. The van der Waals surface area contributed by atoms with Crippen LogP contribution in [0, 0.1) is 6.92 Å². The molecule has 3 rings (SSSR count). The summed E-state index contributed by atoms with van der Waals surface area (Å²) in [6.45, 7) is 3.16. The van der Waals surface area contributed by atoms with Crippen LogP contribution in [-0.4, -0.2) is 36.1 Å². The van der Waals surface area contributed by atoms with Crippen molar-refractivity contribution in [1.29, 1.82) is 0 Å². The summed E-state index contributed by atoms with van der Waals surface area (Å²) >= 11 is 0. The number of anilines is 1. The molecule has 1 aliphatic rings. The molecule has 1 amide bonds. The number of hydrogen-bond acceptors (Lipinski definition) is 5. The zero-order chi connectivity index (χ0) is 20.5. The van der Waals surface area contributed by atoms with Gasteiger partial charge in [0, 0.05) is 19.2 Å². The van der Waals surface area contributed by atoms with Gasteiger partial charge in [0.05, 0.1) is 7.11 Å². The smallest absolute Gasteiger partial charge is 0.270 e. The molecule has 0 aliphatic heterocycles. The Kier molecular flexibility index (Phi) is 7.61. The van der Waals surface area contributed by atoms with Crippen LogP contribution in [0.3, 0.4) is 0 Å². The van der Waals surface area contributed by atoms with Crippen molar-refractivity contribution >= 4 is 11.7 Å². The predicted molar refractivity (Wildman–Crippen MR) is 115 cm³/mol. The summed E-state index contributed by atoms with van der Waals surface area (Å²) in [6.07, 6.45) is 9.10. The van der Waals surface area contributed by atoms with E-state index >= 15 is 0 Å². The minimum Gasteiger partial charge on any atom is -0.497 e. The zero-order valence-corrected chi connectivity index (χ0v) is 17.3. The lowest BCUT2D eigenvalue weighted by Crippen LogP contribution is -2.27. The van der Waals surface area contributed by atoms with Gasteiger partial charge in [-0.25, -0.2) is 9.97 Å². The van der Waals surface area contributed by atoms with Crippen molar-refractivity contribution in [2.45, 2.75) is 45.4 Å². The number of aromatic nitrogens is 2. The highest BCUT2D eigenvalue weighted by Crippen LogP contribution is 2.20. The highest BCUT2D eigenvalue weighted by molar-refractivity contribution is 5.92. The van der Waals surface area contributed by atoms with Crippen LogP contribution in [0.15, 0.2) is 42.0 Å². The van der Waals surface area contributed by atoms with Crippen LogP contribution in [-0.2, 0) is 6.42 Å². The molecule has 2 N–H and O–H groups in total. The third kappa shape index (κ3) is 6.59. The van der Waals surface area contributed by atoms with Crippen LogP contribution in [0.25, 0.3) is 0 Å². The molecule has 0 fully saturated rings. The van der Waals surface area contributed by atoms with Gasteiger partial charge in [-0.05, 0) is 63.1 Å². The number of benzene rings is 1. The van der Waals surface area contributed by atoms with Gasteiger partial charge >= 0.3 is 0 Å². The molecule has 0 saturated heterocycles. The molecule has 29 heavy (non-hydrogen) atoms. The van der Waals surface area contributed by atoms with E-state index in [1.54, 1.807) is 13.2 Å². The van der Waals surface area contributed by atoms with Crippen molar-refractivity contribution in [2.24, 2.45) is 0 Å². The van der Waals surface area contributed by atoms with E-state index in [0.29, 0.717) is 23.9 Å². The fourth-order valence-corrected chi connectivity index (χ4v) is 3.50. The maximum atomic E-state index is 12.5. The third-order valence-electron chi connectivity index (χ3n) is 5.04. The molecule has 1 heterocycles. The first-order valence-corrected chi connectivity index (χ1v) is 10.3. The first-order chi connectivity index (χ1) is 14.1. The van der Waals surface area contributed by atoms with Crippen LogP contribution < -0.4 is 15.4 Å². The Bertz CT molecular complexity index is 864. The van der Waals surface area contributed by atoms with Gasteiger partial charge in [0.2, 0.25) is 0 Å². The second kappa shape index (κ2) is 10.6. The first kappa shape index (κ1) is 20.8. The maximum Gasteiger partial charge on any atom is 0.270 e. The lowest BCUT2D eigenvalue weighted by atomic mass is 9.97. The Balaban J connectivity index is 1.51. The average Bonchev–Trinajstić information content (AvgIpc) is 2.74. The molecule has 154 valence electrons. The fourth-order valence-electron chi connectivity index (χ4n) is 3.50. The normalized spacial score (nSPS) is 13.5. The molecule has 0 unspecified atom stereocenters. The van der Waals surface area contributed by atoms with Crippen LogP contribution in [0.2, 0.25) is 0 Å². The second-order valence-corrected chi connectivity index (χ2v) is 7.33. The number of methoxy groups -OCH3 is 1. The molecular formula is C23H30N4O2. The van der Waals surface area contributed by atoms with E-state index in [0.717, 1.165) is 30.7 Å². The molecule has 2 aromatic rings. The number of carbonyl (C=O) groups is 1. The molecular weight excluding hydrogens is 364 g/mol. The van der Waals surface area contributed by atoms with Gasteiger partial charge in [0.25, 0.3) is 5.91 Å². The second-order valence-electron chi connectivity index (χ2n) is 7.33. The monoisotopic (exact) mass is 394 g/mol. The van der Waals surface area contributed by atoms with E-state index in [1.165, 1.54) is 31.3 Å². The molecule has 0 spiro atoms. The number of amides is 1. The molecule has 6 nitrogen and oxygen atoms in total. The molecule has 0 bridgehead atoms. The lowest BCUT2D eigenvalue weighted by Gasteiger charge is -2.13. The van der Waals surface area contributed by atoms with E-state index in [2.05, 4.69) is 26.7 Å². The Labute approximate surface area is 172 Å². The van der Waals surface area contributed by atoms with E-state index in [9.17, 15) is 4.79 Å². The van der Waals surface area contributed by atoms with Crippen molar-refractivity contribution in [3.63, 3.8) is 0 Å². The quantitative estimate of drug-likeness (QED) is 0.627. The summed E-state index contributed by atoms with van der Waals surface area (Å²) < 4.78 is 5.23. The Morgan fingerprint density at radius 1 is 1.14 bits per heavy atom. The van der Waals surface area contributed by atoms with E-state index in [1.807, 2.05) is 31.2 Å². The van der Waals surface area contributed by atoms with Crippen LogP contribution >= 0.6 is 0 Å². The number of ether oxygens (including phenoxy) is 1. The van der Waals surface area contributed by atoms with Gasteiger partial charge in [0.1, 0.15) is 23.1 Å². The van der Waals surface area contributed by atoms with Gasteiger partial charge in [0.15, 0.2) is 0 Å². The number of nitrogens with zero attached hydrogens (tertiary/aromatic N) is 2. The molecule has 6 heteroatoms. The van der Waals surface area contributed by atoms with Gasteiger partial charge in [-0.3, -0.25) is 4.79 Å². The average molecular weight is 395 g/mol. The van der Waals surface area contributed by atoms with Crippen molar-refractivity contribution in [2.75, 3.05) is 25.5 Å². The summed E-state index contributed by atoms with van der Waals surface area (Å²) in [6, 6.07) is 9.58. The van der Waals surface area contributed by atoms with E-state index in [-0.39, 0.29) is 5.91 Å². The van der Waals surface area contributed by atoms with Crippen molar-refractivity contribution in [3.05, 3.63) is 59.1 Å². The number of rotatable bonds is 9. The highest BCUT2D eigenvalue weighted by atomic mass is 16.5. The van der Waals surface area contributed by atoms with Crippen LogP contribution in [0.5, 0.6) is 5.75 Å². The number of hydrogen-bond donors (Lipinski definition) is 2. The Morgan fingerprint density at radius 3 is 2.83 bits per heavy atom. The summed E-state index contributed by atoms with van der Waals surface area (Å²) in [5.41, 5.74) is 3.02. The molecule has 0 radical (unpaired) electrons. The van der Waals surface area contributed by atoms with Crippen LogP contribution in [0.1, 0.15) is 54.0 Å². The van der Waals surface area contributed by atoms with Gasteiger partial charge in [-0.2, -0.15) is 0 Å². The zero-order valence-electron chi connectivity index (χ0n) is 17.3. The van der Waals surface area contributed by atoms with Gasteiger partial charge in [-0.1, -0.05) is 23.8 Å². The maximum absolute atomic E-state index is 12.5. The number of carbonyl (C=O) groups excluding carboxylic acids is 1. The molecule has 1 aromatic carbocycles. The van der Waals surface area contributed by atoms with Gasteiger partial charge < -0.3 is 15.4 Å². The standard InChI is InChI=1S/C23H30N4O2/c1-17-26-21(16-22(27-17)24-13-11-18-7-4-3-5-8-18)23(28)25-14-12-19-9-6-10-20(15-19)29-2/h6-7,9-10,15-16H,3-5,8,11-14H2,1-2H3,(H,25,28)(H,24,26,27). The largest absolute Gasteiger partial charge is 0.497 e. The van der Waals surface area contributed by atoms with Gasteiger partial charge in [-0.15, -0.1) is 0 Å². The lowest BCUT2D eigenvalue weighted by molar-refractivity contribution is 0.0949. The number of nitrogens with one attached hydrogen (secondary N) is 2. The summed E-state index contributed by atoms with van der Waals surface area (Å²) in [5.74, 6) is 1.92. The topological polar surface area (TPSA) is 76.1 Å². The summed E-state index contributed by atoms with van der Waals surface area (Å²) in [4.78, 5) is 21.2. The van der Waals surface area contributed by atoms with Crippen molar-refractivity contribution in [1.82, 2.24) is 15.3 Å². The SMILES string of the molecule is COc1cccc(CCNC(=O)c2cc(NCCC3=CCCCC3)nc(C)n2)c1. The number of aryl methyl sites for hydroxylation is 1. The highest BCUT2D eigenvalue weighted by Gasteiger charge is 2.11. The molecule has 0 atom stereocenters.